The van der Waals surface area contributed by atoms with Gasteiger partial charge in [-0.3, -0.25) is 4.98 Å². The Morgan fingerprint density at radius 3 is 2.62 bits per heavy atom. The first kappa shape index (κ1) is 15.1. The van der Waals surface area contributed by atoms with E-state index in [4.69, 9.17) is 10.9 Å². The van der Waals surface area contributed by atoms with Crippen LogP contribution in [-0.4, -0.2) is 29.1 Å². The maximum Gasteiger partial charge on any atom is 0.173 e. The quantitative estimate of drug-likeness (QED) is 0.383. The van der Waals surface area contributed by atoms with Crippen molar-refractivity contribution in [2.24, 2.45) is 10.9 Å². The third-order valence-corrected chi connectivity index (χ3v) is 3.97. The monoisotopic (exact) mass is 286 g/mol. The minimum Gasteiger partial charge on any atom is -0.409 e. The number of hydrogen-bond acceptors (Lipinski definition) is 4. The lowest BCUT2D eigenvalue weighted by Gasteiger charge is -2.31. The number of pyridine rings is 1. The van der Waals surface area contributed by atoms with Crippen molar-refractivity contribution < 1.29 is 5.21 Å². The van der Waals surface area contributed by atoms with Crippen molar-refractivity contribution in [3.63, 3.8) is 0 Å². The van der Waals surface area contributed by atoms with Gasteiger partial charge in [-0.1, -0.05) is 37.2 Å². The number of hydrogen-bond donors (Lipinski definition) is 2. The average molecular weight is 286 g/mol. The van der Waals surface area contributed by atoms with Crippen LogP contribution in [0.1, 0.15) is 32.3 Å². The molecule has 0 fully saturated rings. The maximum absolute atomic E-state index is 9.04. The fourth-order valence-corrected chi connectivity index (χ4v) is 2.77. The number of oxime groups is 1. The fourth-order valence-electron chi connectivity index (χ4n) is 2.77. The third-order valence-electron chi connectivity index (χ3n) is 3.97. The zero-order chi connectivity index (χ0) is 15.4. The highest BCUT2D eigenvalue weighted by molar-refractivity contribution is 6.08. The predicted octanol–water partition coefficient (Wildman–Crippen LogP) is 2.95. The number of fused-ring (bicyclic) bond motifs is 1. The Kier molecular flexibility index (Phi) is 4.62. The summed E-state index contributed by atoms with van der Waals surface area (Å²) in [7, 11) is 2.05. The van der Waals surface area contributed by atoms with Crippen LogP contribution in [0.25, 0.3) is 10.9 Å². The summed E-state index contributed by atoms with van der Waals surface area (Å²) in [6.07, 6.45) is 3.73. The second-order valence-electron chi connectivity index (χ2n) is 5.10. The maximum atomic E-state index is 9.04. The Hall–Kier alpha value is -2.30. The minimum absolute atomic E-state index is 0.0843. The molecule has 21 heavy (non-hydrogen) atoms. The summed E-state index contributed by atoms with van der Waals surface area (Å²) in [4.78, 5) is 6.61. The van der Waals surface area contributed by atoms with Crippen molar-refractivity contribution in [2.45, 2.75) is 32.7 Å². The van der Waals surface area contributed by atoms with Crippen LogP contribution in [0.2, 0.25) is 0 Å². The van der Waals surface area contributed by atoms with Crippen LogP contribution < -0.4 is 10.6 Å². The molecule has 0 saturated heterocycles. The van der Waals surface area contributed by atoms with Gasteiger partial charge in [-0.05, 0) is 18.9 Å². The molecule has 2 rings (SSSR count). The molecule has 0 bridgehead atoms. The van der Waals surface area contributed by atoms with Gasteiger partial charge in [-0.15, -0.1) is 0 Å². The molecule has 0 saturated carbocycles. The molecular weight excluding hydrogens is 264 g/mol. The summed E-state index contributed by atoms with van der Waals surface area (Å²) < 4.78 is 0. The number of rotatable bonds is 5. The van der Waals surface area contributed by atoms with E-state index in [0.717, 1.165) is 29.4 Å². The molecule has 0 unspecified atom stereocenters. The first-order valence-electron chi connectivity index (χ1n) is 7.22. The van der Waals surface area contributed by atoms with E-state index in [1.54, 1.807) is 6.20 Å². The van der Waals surface area contributed by atoms with Gasteiger partial charge in [0.05, 0.1) is 16.8 Å². The first-order chi connectivity index (χ1) is 10.1. The van der Waals surface area contributed by atoms with Crippen molar-refractivity contribution in [1.29, 1.82) is 0 Å². The van der Waals surface area contributed by atoms with Crippen LogP contribution >= 0.6 is 0 Å². The fraction of sp³-hybridized carbons (Fsp3) is 0.375. The van der Waals surface area contributed by atoms with Gasteiger partial charge in [0.15, 0.2) is 5.84 Å². The van der Waals surface area contributed by atoms with E-state index in [0.29, 0.717) is 11.6 Å². The topological polar surface area (TPSA) is 74.7 Å². The number of nitrogens with two attached hydrogens (primary N) is 1. The molecule has 0 aliphatic carbocycles. The second-order valence-corrected chi connectivity index (χ2v) is 5.10. The van der Waals surface area contributed by atoms with Gasteiger partial charge in [0.25, 0.3) is 0 Å². The molecule has 3 N–H and O–H groups in total. The van der Waals surface area contributed by atoms with Crippen molar-refractivity contribution in [3.05, 3.63) is 36.0 Å². The number of benzene rings is 1. The van der Waals surface area contributed by atoms with Crippen LogP contribution in [-0.2, 0) is 0 Å². The minimum atomic E-state index is 0.0843. The number of amidine groups is 1. The summed E-state index contributed by atoms with van der Waals surface area (Å²) >= 11 is 0. The summed E-state index contributed by atoms with van der Waals surface area (Å²) in [6.45, 7) is 4.33. The molecule has 0 aliphatic rings. The number of nitrogens with zero attached hydrogens (tertiary/aromatic N) is 3. The van der Waals surface area contributed by atoms with Gasteiger partial charge in [0, 0.05) is 24.7 Å². The van der Waals surface area contributed by atoms with Crippen LogP contribution in [0.15, 0.2) is 35.6 Å². The second kappa shape index (κ2) is 6.43. The van der Waals surface area contributed by atoms with Gasteiger partial charge in [-0.25, -0.2) is 0 Å². The molecule has 5 nitrogen and oxygen atoms in total. The van der Waals surface area contributed by atoms with E-state index in [-0.39, 0.29) is 5.84 Å². The van der Waals surface area contributed by atoms with Crippen LogP contribution in [0.4, 0.5) is 5.69 Å². The van der Waals surface area contributed by atoms with Gasteiger partial charge >= 0.3 is 0 Å². The Labute approximate surface area is 125 Å². The number of aromatic nitrogens is 1. The lowest BCUT2D eigenvalue weighted by atomic mass is 10.0. The zero-order valence-electron chi connectivity index (χ0n) is 12.7. The van der Waals surface area contributed by atoms with E-state index < -0.39 is 0 Å². The molecule has 0 aliphatic heterocycles. The molecule has 0 spiro atoms. The number of anilines is 1. The smallest absolute Gasteiger partial charge is 0.173 e. The molecule has 5 heteroatoms. The number of para-hydroxylation sites is 1. The lowest BCUT2D eigenvalue weighted by molar-refractivity contribution is 0.318. The van der Waals surface area contributed by atoms with Gasteiger partial charge in [-0.2, -0.15) is 0 Å². The summed E-state index contributed by atoms with van der Waals surface area (Å²) in [6, 6.07) is 8.31. The Bertz CT molecular complexity index is 650. The molecule has 112 valence electrons. The largest absolute Gasteiger partial charge is 0.409 e. The lowest BCUT2D eigenvalue weighted by Crippen LogP contribution is -2.32. The summed E-state index contributed by atoms with van der Waals surface area (Å²) in [5.74, 6) is 0.0843. The standard InChI is InChI=1S/C16H22N4O/c1-4-11(5-2)20(3)15-12-8-6-7-9-14(12)18-10-13(15)16(17)19-21/h6-11,21H,4-5H2,1-3H3,(H2,17,19). The third kappa shape index (κ3) is 2.77. The first-order valence-corrected chi connectivity index (χ1v) is 7.22. The van der Waals surface area contributed by atoms with Crippen LogP contribution in [0.5, 0.6) is 0 Å². The van der Waals surface area contributed by atoms with E-state index in [2.05, 4.69) is 28.9 Å². The van der Waals surface area contributed by atoms with E-state index in [1.165, 1.54) is 0 Å². The highest BCUT2D eigenvalue weighted by Crippen LogP contribution is 2.31. The molecule has 0 radical (unpaired) electrons. The highest BCUT2D eigenvalue weighted by atomic mass is 16.4. The van der Waals surface area contributed by atoms with Crippen LogP contribution in [0.3, 0.4) is 0 Å². The molecule has 1 aromatic heterocycles. The molecule has 0 atom stereocenters. The SMILES string of the molecule is CCC(CC)N(C)c1c(/C(N)=N/O)cnc2ccccc12. The average Bonchev–Trinajstić information content (AvgIpc) is 2.53. The van der Waals surface area contributed by atoms with E-state index in [9.17, 15) is 0 Å². The Morgan fingerprint density at radius 1 is 1.33 bits per heavy atom. The van der Waals surface area contributed by atoms with Crippen molar-refractivity contribution >= 4 is 22.4 Å². The predicted molar refractivity (Wildman–Crippen MR) is 87.0 cm³/mol. The molecular formula is C16H22N4O. The normalized spacial score (nSPS) is 12.1. The van der Waals surface area contributed by atoms with Crippen molar-refractivity contribution in [2.75, 3.05) is 11.9 Å². The zero-order valence-corrected chi connectivity index (χ0v) is 12.7. The van der Waals surface area contributed by atoms with E-state index >= 15 is 0 Å². The Balaban J connectivity index is 2.72. The highest BCUT2D eigenvalue weighted by Gasteiger charge is 2.20. The summed E-state index contributed by atoms with van der Waals surface area (Å²) in [5, 5.41) is 13.2. The van der Waals surface area contributed by atoms with Crippen molar-refractivity contribution in [3.8, 4) is 0 Å². The Morgan fingerprint density at radius 2 is 2.00 bits per heavy atom. The molecule has 1 heterocycles. The summed E-state index contributed by atoms with van der Waals surface area (Å²) in [5.41, 5.74) is 8.36. The van der Waals surface area contributed by atoms with Gasteiger partial charge < -0.3 is 15.8 Å². The molecule has 1 aromatic carbocycles. The van der Waals surface area contributed by atoms with Crippen molar-refractivity contribution in [1.82, 2.24) is 4.98 Å². The molecule has 2 aromatic rings. The van der Waals surface area contributed by atoms with E-state index in [1.807, 2.05) is 31.3 Å². The van der Waals surface area contributed by atoms with Gasteiger partial charge in [0.2, 0.25) is 0 Å². The molecule has 0 amide bonds. The van der Waals surface area contributed by atoms with Crippen LogP contribution in [0, 0.1) is 0 Å². The van der Waals surface area contributed by atoms with Gasteiger partial charge in [0.1, 0.15) is 0 Å².